The standard InChI is InChI=1S/C17H20N4O4S/c1-24-15-4-2-3-5-16(15)26(22,23)21-11-13-10-18-17(19-14(13)12-21)20-6-8-25-9-7-20/h2-5,10H,6-9,11-12H2,1H3. The third-order valence-electron chi connectivity index (χ3n) is 4.60. The molecule has 0 radical (unpaired) electrons. The molecule has 8 nitrogen and oxygen atoms in total. The van der Waals surface area contributed by atoms with Gasteiger partial charge in [-0.25, -0.2) is 18.4 Å². The highest BCUT2D eigenvalue weighted by Gasteiger charge is 2.34. The van der Waals surface area contributed by atoms with E-state index in [1.54, 1.807) is 30.5 Å². The number of anilines is 1. The highest BCUT2D eigenvalue weighted by molar-refractivity contribution is 7.89. The van der Waals surface area contributed by atoms with Crippen LogP contribution in [0.3, 0.4) is 0 Å². The smallest absolute Gasteiger partial charge is 0.247 e. The second-order valence-electron chi connectivity index (χ2n) is 6.17. The molecule has 26 heavy (non-hydrogen) atoms. The highest BCUT2D eigenvalue weighted by atomic mass is 32.2. The van der Waals surface area contributed by atoms with Crippen molar-refractivity contribution in [3.05, 3.63) is 41.7 Å². The zero-order valence-corrected chi connectivity index (χ0v) is 15.3. The van der Waals surface area contributed by atoms with Crippen molar-refractivity contribution < 1.29 is 17.9 Å². The fraction of sp³-hybridized carbons (Fsp3) is 0.412. The van der Waals surface area contributed by atoms with Gasteiger partial charge in [-0.3, -0.25) is 0 Å². The summed E-state index contributed by atoms with van der Waals surface area (Å²) in [5.41, 5.74) is 1.58. The molecule has 9 heteroatoms. The van der Waals surface area contributed by atoms with Gasteiger partial charge in [0, 0.05) is 31.4 Å². The van der Waals surface area contributed by atoms with E-state index in [0.717, 1.165) is 24.3 Å². The van der Waals surface area contributed by atoms with Gasteiger partial charge in [0.1, 0.15) is 10.6 Å². The van der Waals surface area contributed by atoms with Gasteiger partial charge in [0.05, 0.1) is 32.6 Å². The van der Waals surface area contributed by atoms with E-state index in [0.29, 0.717) is 24.9 Å². The first-order valence-corrected chi connectivity index (χ1v) is 9.84. The zero-order valence-electron chi connectivity index (χ0n) is 14.5. The second kappa shape index (κ2) is 6.82. The largest absolute Gasteiger partial charge is 0.495 e. The molecule has 0 unspecified atom stereocenters. The summed E-state index contributed by atoms with van der Waals surface area (Å²) >= 11 is 0. The summed E-state index contributed by atoms with van der Waals surface area (Å²) in [5, 5.41) is 0. The molecule has 2 aliphatic heterocycles. The number of hydrogen-bond acceptors (Lipinski definition) is 7. The average molecular weight is 376 g/mol. The number of ether oxygens (including phenoxy) is 2. The maximum absolute atomic E-state index is 13.0. The first-order valence-electron chi connectivity index (χ1n) is 8.40. The topological polar surface area (TPSA) is 84.9 Å². The summed E-state index contributed by atoms with van der Waals surface area (Å²) in [6.45, 7) is 3.27. The van der Waals surface area contributed by atoms with Gasteiger partial charge < -0.3 is 14.4 Å². The van der Waals surface area contributed by atoms with Crippen LogP contribution >= 0.6 is 0 Å². The van der Waals surface area contributed by atoms with E-state index in [1.807, 2.05) is 0 Å². The van der Waals surface area contributed by atoms with Gasteiger partial charge >= 0.3 is 0 Å². The molecule has 1 aromatic heterocycles. The molecule has 0 spiro atoms. The molecule has 138 valence electrons. The molecule has 1 saturated heterocycles. The van der Waals surface area contributed by atoms with Crippen molar-refractivity contribution in [1.29, 1.82) is 0 Å². The molecule has 4 rings (SSSR count). The molecule has 0 amide bonds. The van der Waals surface area contributed by atoms with Crippen LogP contribution in [0.1, 0.15) is 11.3 Å². The number of methoxy groups -OCH3 is 1. The van der Waals surface area contributed by atoms with Crippen molar-refractivity contribution in [3.8, 4) is 5.75 Å². The third kappa shape index (κ3) is 3.02. The van der Waals surface area contributed by atoms with E-state index < -0.39 is 10.0 Å². The first-order chi connectivity index (χ1) is 12.6. The number of rotatable bonds is 4. The van der Waals surface area contributed by atoms with Gasteiger partial charge in [0.25, 0.3) is 0 Å². The Labute approximate surface area is 152 Å². The van der Waals surface area contributed by atoms with Crippen molar-refractivity contribution in [2.24, 2.45) is 0 Å². The van der Waals surface area contributed by atoms with Crippen LogP contribution in [0.5, 0.6) is 5.75 Å². The Bertz CT molecular complexity index is 913. The quantitative estimate of drug-likeness (QED) is 0.788. The summed E-state index contributed by atoms with van der Waals surface area (Å²) in [6, 6.07) is 6.64. The summed E-state index contributed by atoms with van der Waals surface area (Å²) in [4.78, 5) is 11.2. The number of aromatic nitrogens is 2. The fourth-order valence-electron chi connectivity index (χ4n) is 3.17. The molecule has 0 atom stereocenters. The lowest BCUT2D eigenvalue weighted by Gasteiger charge is -2.26. The van der Waals surface area contributed by atoms with E-state index in [4.69, 9.17) is 9.47 Å². The highest BCUT2D eigenvalue weighted by Crippen LogP contribution is 2.32. The SMILES string of the molecule is COc1ccccc1S(=O)(=O)N1Cc2cnc(N3CCOCC3)nc2C1. The van der Waals surface area contributed by atoms with Crippen LogP contribution in [0.2, 0.25) is 0 Å². The van der Waals surface area contributed by atoms with E-state index in [9.17, 15) is 8.42 Å². The number of morpholine rings is 1. The molecule has 0 N–H and O–H groups in total. The molecule has 0 saturated carbocycles. The van der Waals surface area contributed by atoms with E-state index in [1.165, 1.54) is 11.4 Å². The molecule has 1 aromatic carbocycles. The van der Waals surface area contributed by atoms with Crippen molar-refractivity contribution in [2.45, 2.75) is 18.0 Å². The molecule has 2 aliphatic rings. The minimum absolute atomic E-state index is 0.164. The Balaban J connectivity index is 1.60. The van der Waals surface area contributed by atoms with Crippen LogP contribution in [0.25, 0.3) is 0 Å². The lowest BCUT2D eigenvalue weighted by molar-refractivity contribution is 0.122. The maximum Gasteiger partial charge on any atom is 0.247 e. The minimum atomic E-state index is -3.68. The Kier molecular flexibility index (Phi) is 4.51. The van der Waals surface area contributed by atoms with Crippen molar-refractivity contribution >= 4 is 16.0 Å². The average Bonchev–Trinajstić information content (AvgIpc) is 3.13. The molecule has 3 heterocycles. The van der Waals surface area contributed by atoms with Crippen LogP contribution < -0.4 is 9.64 Å². The fourth-order valence-corrected chi connectivity index (χ4v) is 4.71. The number of hydrogen-bond donors (Lipinski definition) is 0. The monoisotopic (exact) mass is 376 g/mol. The van der Waals surface area contributed by atoms with Crippen LogP contribution in [0.15, 0.2) is 35.4 Å². The predicted octanol–water partition coefficient (Wildman–Crippen LogP) is 1.03. The maximum atomic E-state index is 13.0. The van der Waals surface area contributed by atoms with Crippen LogP contribution in [-0.2, 0) is 27.8 Å². The summed E-state index contributed by atoms with van der Waals surface area (Å²) in [5.74, 6) is 0.965. The van der Waals surface area contributed by atoms with Gasteiger partial charge in [-0.15, -0.1) is 0 Å². The van der Waals surface area contributed by atoms with Crippen molar-refractivity contribution in [3.63, 3.8) is 0 Å². The Morgan fingerprint density at radius 1 is 1.15 bits per heavy atom. The first kappa shape index (κ1) is 17.2. The number of benzene rings is 1. The summed E-state index contributed by atoms with van der Waals surface area (Å²) in [7, 11) is -2.21. The van der Waals surface area contributed by atoms with Gasteiger partial charge in [0.2, 0.25) is 16.0 Å². The van der Waals surface area contributed by atoms with Crippen LogP contribution in [0.4, 0.5) is 5.95 Å². The summed E-state index contributed by atoms with van der Waals surface area (Å²) in [6.07, 6.45) is 1.73. The van der Waals surface area contributed by atoms with Gasteiger partial charge in [-0.1, -0.05) is 12.1 Å². The lowest BCUT2D eigenvalue weighted by Crippen LogP contribution is -2.37. The van der Waals surface area contributed by atoms with Gasteiger partial charge in [-0.2, -0.15) is 4.31 Å². The van der Waals surface area contributed by atoms with Gasteiger partial charge in [0.15, 0.2) is 0 Å². The number of fused-ring (bicyclic) bond motifs is 1. The number of nitrogens with zero attached hydrogens (tertiary/aromatic N) is 4. The van der Waals surface area contributed by atoms with Crippen LogP contribution in [-0.4, -0.2) is 56.1 Å². The third-order valence-corrected chi connectivity index (χ3v) is 6.43. The molecule has 0 bridgehead atoms. The van der Waals surface area contributed by atoms with Gasteiger partial charge in [-0.05, 0) is 12.1 Å². The Hall–Kier alpha value is -2.23. The number of sulfonamides is 1. The predicted molar refractivity (Wildman–Crippen MR) is 94.5 cm³/mol. The van der Waals surface area contributed by atoms with Crippen molar-refractivity contribution in [2.75, 3.05) is 38.3 Å². The van der Waals surface area contributed by atoms with E-state index in [2.05, 4.69) is 14.9 Å². The normalized spacial score (nSPS) is 18.0. The lowest BCUT2D eigenvalue weighted by atomic mass is 10.3. The molecule has 2 aromatic rings. The zero-order chi connectivity index (χ0) is 18.1. The van der Waals surface area contributed by atoms with E-state index in [-0.39, 0.29) is 18.0 Å². The molecular formula is C17H20N4O4S. The Morgan fingerprint density at radius 2 is 1.92 bits per heavy atom. The molecule has 1 fully saturated rings. The Morgan fingerprint density at radius 3 is 2.69 bits per heavy atom. The summed E-state index contributed by atoms with van der Waals surface area (Å²) < 4.78 is 38.1. The van der Waals surface area contributed by atoms with Crippen LogP contribution in [0, 0.1) is 0 Å². The molecule has 0 aliphatic carbocycles. The van der Waals surface area contributed by atoms with Crippen molar-refractivity contribution in [1.82, 2.24) is 14.3 Å². The molecular weight excluding hydrogens is 356 g/mol. The minimum Gasteiger partial charge on any atom is -0.495 e. The second-order valence-corrected chi connectivity index (χ2v) is 8.07. The van der Waals surface area contributed by atoms with E-state index >= 15 is 0 Å². The number of para-hydroxylation sites is 1.